The lowest BCUT2D eigenvalue weighted by Gasteiger charge is -2.10. The van der Waals surface area contributed by atoms with Gasteiger partial charge in [0.05, 0.1) is 23.0 Å². The average Bonchev–Trinajstić information content (AvgIpc) is 2.74. The molecule has 0 aliphatic heterocycles. The van der Waals surface area contributed by atoms with Crippen molar-refractivity contribution in [1.82, 2.24) is 0 Å². The summed E-state index contributed by atoms with van der Waals surface area (Å²) >= 11 is 0. The molecule has 0 bridgehead atoms. The van der Waals surface area contributed by atoms with E-state index in [0.717, 1.165) is 12.4 Å². The van der Waals surface area contributed by atoms with Crippen molar-refractivity contribution in [2.24, 2.45) is 0 Å². The molecule has 1 aromatic carbocycles. The van der Waals surface area contributed by atoms with E-state index in [9.17, 15) is 33.7 Å². The molecule has 1 aromatic rings. The summed E-state index contributed by atoms with van der Waals surface area (Å²) in [6.45, 7) is 5.37. The van der Waals surface area contributed by atoms with Crippen molar-refractivity contribution >= 4 is 50.7 Å². The number of benzene rings is 1. The van der Waals surface area contributed by atoms with Crippen LogP contribution in [0.1, 0.15) is 27.7 Å². The van der Waals surface area contributed by atoms with Crippen molar-refractivity contribution in [2.45, 2.75) is 27.7 Å². The number of sulfone groups is 4. The van der Waals surface area contributed by atoms with E-state index in [1.165, 1.54) is 52.0 Å². The highest BCUT2D eigenvalue weighted by Crippen LogP contribution is 2.21. The average molecular weight is 529 g/mol. The maximum absolute atomic E-state index is 12.1. The highest BCUT2D eigenvalue weighted by atomic mass is 32.3. The second-order valence-corrected chi connectivity index (χ2v) is 15.9. The number of hydrogen-bond acceptors (Lipinski definition) is 10. The van der Waals surface area contributed by atoms with Crippen molar-refractivity contribution in [3.63, 3.8) is 0 Å². The van der Waals surface area contributed by atoms with Gasteiger partial charge >= 0.3 is 0 Å². The summed E-state index contributed by atoms with van der Waals surface area (Å²) in [5.41, 5.74) is 0.717. The quantitative estimate of drug-likeness (QED) is 0.409. The minimum Gasteiger partial charge on any atom is -0.360 e. The molecule has 0 aromatic heterocycles. The normalized spacial score (nSPS) is 12.6. The number of nitrogens with one attached hydrogen (secondary N) is 2. The third-order valence-electron chi connectivity index (χ3n) is 4.34. The van der Waals surface area contributed by atoms with Crippen molar-refractivity contribution in [3.05, 3.63) is 45.1 Å². The zero-order chi connectivity index (χ0) is 24.8. The summed E-state index contributed by atoms with van der Waals surface area (Å²) < 4.78 is 95.7. The highest BCUT2D eigenvalue weighted by Gasteiger charge is 2.28. The van der Waals surface area contributed by atoms with Gasteiger partial charge in [-0.05, 0) is 24.3 Å². The van der Waals surface area contributed by atoms with Crippen LogP contribution in [-0.2, 0) is 39.3 Å². The first-order valence-corrected chi connectivity index (χ1v) is 16.2. The van der Waals surface area contributed by atoms with Crippen LogP contribution in [0.2, 0.25) is 0 Å². The number of hydrogen-bond donors (Lipinski definition) is 2. The van der Waals surface area contributed by atoms with E-state index in [4.69, 9.17) is 0 Å². The lowest BCUT2D eigenvalue weighted by atomic mass is 10.3. The van der Waals surface area contributed by atoms with Crippen LogP contribution >= 0.6 is 0 Å². The minimum absolute atomic E-state index is 0.359. The standard InChI is InChI=1S/C18H28N2O8S4/c1-5-29(21,22)17(30(23,24)6-2)13-19-15-9-11-16(12-10-15)20-14-18(31(25,26)7-3)32(27,28)8-4/h9-14,19-20H,5-8H2,1-4H3. The lowest BCUT2D eigenvalue weighted by Crippen LogP contribution is -2.19. The summed E-state index contributed by atoms with van der Waals surface area (Å²) in [5, 5.41) is 5.26. The van der Waals surface area contributed by atoms with Gasteiger partial charge in [0.2, 0.25) is 0 Å². The highest BCUT2D eigenvalue weighted by molar-refractivity contribution is 8.14. The molecule has 32 heavy (non-hydrogen) atoms. The maximum atomic E-state index is 12.1. The third-order valence-corrected chi connectivity index (χ3v) is 13.4. The summed E-state index contributed by atoms with van der Waals surface area (Å²) in [6, 6.07) is 5.90. The Morgan fingerprint density at radius 1 is 0.562 bits per heavy atom. The molecule has 0 spiro atoms. The van der Waals surface area contributed by atoms with Gasteiger partial charge in [-0.15, -0.1) is 0 Å². The summed E-state index contributed by atoms with van der Waals surface area (Å²) in [5.74, 6) is -1.51. The van der Waals surface area contributed by atoms with Gasteiger partial charge < -0.3 is 10.6 Å². The Bertz CT molecular complexity index is 1120. The molecular weight excluding hydrogens is 500 g/mol. The zero-order valence-corrected chi connectivity index (χ0v) is 21.5. The largest absolute Gasteiger partial charge is 0.360 e. The van der Waals surface area contributed by atoms with Crippen LogP contribution in [0.25, 0.3) is 0 Å². The van der Waals surface area contributed by atoms with E-state index < -0.39 is 47.8 Å². The zero-order valence-electron chi connectivity index (χ0n) is 18.2. The Morgan fingerprint density at radius 2 is 0.781 bits per heavy atom. The second kappa shape index (κ2) is 10.8. The molecule has 0 radical (unpaired) electrons. The molecule has 1 rings (SSSR count). The second-order valence-electron chi connectivity index (χ2n) is 6.41. The van der Waals surface area contributed by atoms with Gasteiger partial charge in [-0.1, -0.05) is 27.7 Å². The van der Waals surface area contributed by atoms with E-state index in [0.29, 0.717) is 11.4 Å². The fraction of sp³-hybridized carbons (Fsp3) is 0.444. The molecule has 182 valence electrons. The van der Waals surface area contributed by atoms with Crippen molar-refractivity contribution in [3.8, 4) is 0 Å². The molecule has 0 heterocycles. The number of anilines is 2. The monoisotopic (exact) mass is 528 g/mol. The first kappa shape index (κ1) is 28.1. The van der Waals surface area contributed by atoms with Gasteiger partial charge in [0, 0.05) is 23.8 Å². The van der Waals surface area contributed by atoms with Crippen LogP contribution in [0.3, 0.4) is 0 Å². The topological polar surface area (TPSA) is 161 Å². The van der Waals surface area contributed by atoms with Crippen molar-refractivity contribution in [2.75, 3.05) is 33.6 Å². The predicted octanol–water partition coefficient (Wildman–Crippen LogP) is 1.85. The van der Waals surface area contributed by atoms with Crippen LogP contribution in [0, 0.1) is 0 Å². The Kier molecular flexibility index (Phi) is 9.51. The Hall–Kier alpha value is -1.90. The van der Waals surface area contributed by atoms with E-state index in [-0.39, 0.29) is 23.0 Å². The molecule has 14 heteroatoms. The summed E-state index contributed by atoms with van der Waals surface area (Å²) in [6.07, 6.45) is 1.83. The van der Waals surface area contributed by atoms with E-state index in [2.05, 4.69) is 10.6 Å². The summed E-state index contributed by atoms with van der Waals surface area (Å²) in [4.78, 5) is 0. The SMILES string of the molecule is CCS(=O)(=O)C(=CNc1ccc(NC=C(S(=O)(=O)CC)S(=O)(=O)CC)cc1)S(=O)(=O)CC. The van der Waals surface area contributed by atoms with Gasteiger partial charge in [0.15, 0.2) is 47.8 Å². The molecule has 0 aliphatic rings. The van der Waals surface area contributed by atoms with E-state index in [1.54, 1.807) is 0 Å². The van der Waals surface area contributed by atoms with E-state index in [1.807, 2.05) is 0 Å². The van der Waals surface area contributed by atoms with Crippen LogP contribution < -0.4 is 10.6 Å². The maximum Gasteiger partial charge on any atom is 0.190 e. The first-order valence-electron chi connectivity index (χ1n) is 9.61. The van der Waals surface area contributed by atoms with Gasteiger partial charge in [0.25, 0.3) is 0 Å². The van der Waals surface area contributed by atoms with Gasteiger partial charge in [-0.3, -0.25) is 0 Å². The van der Waals surface area contributed by atoms with Crippen LogP contribution in [0.15, 0.2) is 45.1 Å². The number of rotatable bonds is 12. The molecule has 0 unspecified atom stereocenters. The first-order chi connectivity index (χ1) is 14.7. The van der Waals surface area contributed by atoms with Crippen LogP contribution in [-0.4, -0.2) is 56.7 Å². The minimum atomic E-state index is -3.98. The van der Waals surface area contributed by atoms with E-state index >= 15 is 0 Å². The van der Waals surface area contributed by atoms with Crippen molar-refractivity contribution < 1.29 is 33.7 Å². The predicted molar refractivity (Wildman–Crippen MR) is 128 cm³/mol. The molecule has 0 saturated carbocycles. The van der Waals surface area contributed by atoms with Crippen LogP contribution in [0.5, 0.6) is 0 Å². The van der Waals surface area contributed by atoms with Crippen molar-refractivity contribution in [1.29, 1.82) is 0 Å². The van der Waals surface area contributed by atoms with Crippen LogP contribution in [0.4, 0.5) is 11.4 Å². The molecule has 0 saturated heterocycles. The fourth-order valence-corrected chi connectivity index (χ4v) is 8.86. The summed E-state index contributed by atoms with van der Waals surface area (Å²) in [7, 11) is -15.9. The molecule has 0 fully saturated rings. The molecule has 0 atom stereocenters. The Morgan fingerprint density at radius 3 is 0.969 bits per heavy atom. The smallest absolute Gasteiger partial charge is 0.190 e. The molecule has 10 nitrogen and oxygen atoms in total. The van der Waals surface area contributed by atoms with Gasteiger partial charge in [-0.2, -0.15) is 0 Å². The van der Waals surface area contributed by atoms with Gasteiger partial charge in [0.1, 0.15) is 0 Å². The molecular formula is C18H28N2O8S4. The fourth-order valence-electron chi connectivity index (χ4n) is 2.26. The molecule has 2 N–H and O–H groups in total. The third kappa shape index (κ3) is 7.05. The molecule has 0 amide bonds. The Balaban J connectivity index is 3.21. The Labute approximate surface area is 190 Å². The lowest BCUT2D eigenvalue weighted by molar-refractivity contribution is 0.593. The van der Waals surface area contributed by atoms with Gasteiger partial charge in [-0.25, -0.2) is 33.7 Å². The molecule has 0 aliphatic carbocycles.